The summed E-state index contributed by atoms with van der Waals surface area (Å²) >= 11 is 12.6. The van der Waals surface area contributed by atoms with Crippen LogP contribution in [0.25, 0.3) is 0 Å². The number of hydrogen-bond donors (Lipinski definition) is 0. The molecule has 44 heavy (non-hydrogen) atoms. The molecule has 7 nitrogen and oxygen atoms in total. The predicted octanol–water partition coefficient (Wildman–Crippen LogP) is 7.80. The minimum atomic E-state index is -0.777. The molecule has 0 aliphatic carbocycles. The highest BCUT2D eigenvalue weighted by Gasteiger charge is 2.26. The molecule has 5 aromatic carbocycles. The van der Waals surface area contributed by atoms with Gasteiger partial charge in [-0.05, 0) is 57.1 Å². The normalized spacial score (nSPS) is 10.8. The molecule has 1 atom stereocenters. The van der Waals surface area contributed by atoms with Crippen molar-refractivity contribution in [3.8, 4) is 17.2 Å². The zero-order chi connectivity index (χ0) is 31.1. The Morgan fingerprint density at radius 2 is 0.886 bits per heavy atom. The fraction of sp³-hybridized carbons (Fsp3) is 0. The highest BCUT2D eigenvalue weighted by atomic mass is 35.5. The Bertz CT molecular complexity index is 1750. The molecule has 5 aromatic rings. The molecule has 0 saturated heterocycles. The topological polar surface area (TPSA) is 96.0 Å². The van der Waals surface area contributed by atoms with E-state index in [1.807, 2.05) is 0 Å². The SMILES string of the molecule is O=C(Oc1cc(OC(=O)c2ccccc2)c(PC(=O)c2c(Cl)cccc2Cl)c(OC(=O)c2ccccc2)c1)c1ccccc1. The summed E-state index contributed by atoms with van der Waals surface area (Å²) in [6, 6.07) is 31.7. The van der Waals surface area contributed by atoms with Gasteiger partial charge in [0.05, 0.1) is 37.6 Å². The van der Waals surface area contributed by atoms with Crippen LogP contribution in [0, 0.1) is 0 Å². The Labute approximate surface area is 264 Å². The number of hydrogen-bond acceptors (Lipinski definition) is 7. The summed E-state index contributed by atoms with van der Waals surface area (Å²) in [5.74, 6) is -2.65. The molecule has 0 fully saturated rings. The van der Waals surface area contributed by atoms with E-state index in [1.54, 1.807) is 97.1 Å². The minimum absolute atomic E-state index is 0.0504. The van der Waals surface area contributed by atoms with Crippen molar-refractivity contribution in [1.29, 1.82) is 0 Å². The number of carbonyl (C=O) groups is 4. The zero-order valence-electron chi connectivity index (χ0n) is 22.7. The summed E-state index contributed by atoms with van der Waals surface area (Å²) in [5.41, 5.74) is 0.235. The highest BCUT2D eigenvalue weighted by Crippen LogP contribution is 2.38. The second-order valence-electron chi connectivity index (χ2n) is 9.11. The smallest absolute Gasteiger partial charge is 0.343 e. The maximum absolute atomic E-state index is 13.6. The first kappa shape index (κ1) is 30.6. The molecule has 0 aliphatic heterocycles. The molecule has 218 valence electrons. The summed E-state index contributed by atoms with van der Waals surface area (Å²) in [6.45, 7) is 0. The second kappa shape index (κ2) is 14.1. The van der Waals surface area contributed by atoms with E-state index in [1.165, 1.54) is 24.3 Å². The molecular weight excluding hydrogens is 622 g/mol. The number of benzene rings is 5. The first-order valence-corrected chi connectivity index (χ1v) is 14.8. The van der Waals surface area contributed by atoms with Crippen molar-refractivity contribution >= 4 is 60.5 Å². The highest BCUT2D eigenvalue weighted by molar-refractivity contribution is 7.66. The Morgan fingerprint density at radius 3 is 1.30 bits per heavy atom. The number of halogens is 2. The summed E-state index contributed by atoms with van der Waals surface area (Å²) in [6.07, 6.45) is 0. The number of esters is 3. The van der Waals surface area contributed by atoms with Crippen LogP contribution in [0.15, 0.2) is 121 Å². The third-order valence-electron chi connectivity index (χ3n) is 6.11. The van der Waals surface area contributed by atoms with Gasteiger partial charge in [0.2, 0.25) is 0 Å². The Morgan fingerprint density at radius 1 is 0.500 bits per heavy atom. The van der Waals surface area contributed by atoms with Crippen LogP contribution in [-0.2, 0) is 0 Å². The molecule has 0 N–H and O–H groups in total. The van der Waals surface area contributed by atoms with Crippen LogP contribution in [0.2, 0.25) is 10.0 Å². The van der Waals surface area contributed by atoms with Gasteiger partial charge >= 0.3 is 17.9 Å². The van der Waals surface area contributed by atoms with Crippen molar-refractivity contribution in [2.45, 2.75) is 0 Å². The molecule has 10 heteroatoms. The lowest BCUT2D eigenvalue weighted by Gasteiger charge is -2.17. The standard InChI is InChI=1S/C34H21Cl2O7P/c35-25-17-10-18-26(36)29(25)34(40)44-30-27(42-32(38)22-13-6-2-7-14-22)19-24(41-31(37)21-11-4-1-5-12-21)20-28(30)43-33(39)23-15-8-3-9-16-23/h1-20,44H. The van der Waals surface area contributed by atoms with Crippen molar-refractivity contribution in [3.05, 3.63) is 154 Å². The lowest BCUT2D eigenvalue weighted by Crippen LogP contribution is -2.19. The van der Waals surface area contributed by atoms with Crippen LogP contribution >= 0.6 is 31.8 Å². The molecule has 0 aliphatic rings. The van der Waals surface area contributed by atoms with Crippen LogP contribution in [-0.4, -0.2) is 23.4 Å². The summed E-state index contributed by atoms with van der Waals surface area (Å²) in [4.78, 5) is 52.9. The first-order valence-electron chi connectivity index (χ1n) is 13.0. The molecule has 0 radical (unpaired) electrons. The van der Waals surface area contributed by atoms with E-state index in [4.69, 9.17) is 37.4 Å². The lowest BCUT2D eigenvalue weighted by molar-refractivity contribution is 0.0732. The lowest BCUT2D eigenvalue weighted by atomic mass is 10.2. The molecular formula is C34H21Cl2O7P. The quantitative estimate of drug-likeness (QED) is 0.0919. The second-order valence-corrected chi connectivity index (χ2v) is 11.1. The maximum Gasteiger partial charge on any atom is 0.343 e. The van der Waals surface area contributed by atoms with Crippen molar-refractivity contribution in [3.63, 3.8) is 0 Å². The average molecular weight is 643 g/mol. The fourth-order valence-corrected chi connectivity index (χ4v) is 5.85. The van der Waals surface area contributed by atoms with Crippen LogP contribution in [0.5, 0.6) is 17.2 Å². The molecule has 0 saturated carbocycles. The molecule has 0 spiro atoms. The zero-order valence-corrected chi connectivity index (χ0v) is 25.2. The van der Waals surface area contributed by atoms with Crippen molar-refractivity contribution in [2.24, 2.45) is 0 Å². The monoisotopic (exact) mass is 642 g/mol. The predicted molar refractivity (Wildman–Crippen MR) is 169 cm³/mol. The van der Waals surface area contributed by atoms with Crippen molar-refractivity contribution in [2.75, 3.05) is 0 Å². The van der Waals surface area contributed by atoms with E-state index >= 15 is 0 Å². The van der Waals surface area contributed by atoms with Gasteiger partial charge in [-0.2, -0.15) is 0 Å². The van der Waals surface area contributed by atoms with E-state index in [0.717, 1.165) is 0 Å². The Kier molecular flexibility index (Phi) is 9.82. The van der Waals surface area contributed by atoms with Gasteiger partial charge < -0.3 is 14.2 Å². The largest absolute Gasteiger partial charge is 0.423 e. The van der Waals surface area contributed by atoms with Crippen molar-refractivity contribution in [1.82, 2.24) is 0 Å². The van der Waals surface area contributed by atoms with Gasteiger partial charge in [-0.25, -0.2) is 14.4 Å². The van der Waals surface area contributed by atoms with Gasteiger partial charge in [0.25, 0.3) is 0 Å². The van der Waals surface area contributed by atoms with Crippen LogP contribution in [0.4, 0.5) is 0 Å². The van der Waals surface area contributed by atoms with Crippen molar-refractivity contribution < 1.29 is 33.4 Å². The van der Waals surface area contributed by atoms with Gasteiger partial charge in [0, 0.05) is 12.1 Å². The van der Waals surface area contributed by atoms with Crippen LogP contribution in [0.3, 0.4) is 0 Å². The van der Waals surface area contributed by atoms with Crippen LogP contribution < -0.4 is 19.5 Å². The van der Waals surface area contributed by atoms with Crippen LogP contribution in [0.1, 0.15) is 41.4 Å². The van der Waals surface area contributed by atoms with Gasteiger partial charge in [-0.1, -0.05) is 83.9 Å². The summed E-state index contributed by atoms with van der Waals surface area (Å²) in [5, 5.41) is 0.294. The average Bonchev–Trinajstić information content (AvgIpc) is 3.03. The molecule has 0 aromatic heterocycles. The first-order chi connectivity index (χ1) is 21.3. The van der Waals surface area contributed by atoms with E-state index in [2.05, 4.69) is 0 Å². The molecule has 0 amide bonds. The van der Waals surface area contributed by atoms with E-state index in [9.17, 15) is 19.2 Å². The Balaban J connectivity index is 1.62. The molecule has 0 heterocycles. The number of rotatable bonds is 9. The Hall–Kier alpha value is -4.81. The van der Waals surface area contributed by atoms with E-state index < -0.39 is 32.0 Å². The van der Waals surface area contributed by atoms with E-state index in [0.29, 0.717) is 0 Å². The molecule has 5 rings (SSSR count). The maximum atomic E-state index is 13.6. The third-order valence-corrected chi connectivity index (χ3v) is 7.96. The summed E-state index contributed by atoms with van der Waals surface area (Å²) in [7, 11) is -0.777. The molecule has 0 bridgehead atoms. The van der Waals surface area contributed by atoms with Gasteiger partial charge in [-0.15, -0.1) is 0 Å². The van der Waals surface area contributed by atoms with Gasteiger partial charge in [-0.3, -0.25) is 4.79 Å². The minimum Gasteiger partial charge on any atom is -0.423 e. The third kappa shape index (κ3) is 7.39. The number of ether oxygens (including phenoxy) is 3. The fourth-order valence-electron chi connectivity index (χ4n) is 4.01. The number of carbonyl (C=O) groups excluding carboxylic acids is 4. The van der Waals surface area contributed by atoms with Gasteiger partial charge in [0.1, 0.15) is 17.2 Å². The van der Waals surface area contributed by atoms with E-state index in [-0.39, 0.29) is 54.9 Å². The molecule has 1 unspecified atom stereocenters. The summed E-state index contributed by atoms with van der Waals surface area (Å²) < 4.78 is 17.1. The van der Waals surface area contributed by atoms with Gasteiger partial charge in [0.15, 0.2) is 5.52 Å².